The third-order valence-corrected chi connectivity index (χ3v) is 4.56. The SMILES string of the molecule is CCN1CCC(N)C(CN2CCCC(C)C2)C1. The molecule has 0 aromatic carbocycles. The number of nitrogens with two attached hydrogens (primary N) is 1. The van der Waals surface area contributed by atoms with E-state index in [1.165, 1.54) is 58.5 Å². The van der Waals surface area contributed by atoms with E-state index in [1.54, 1.807) is 0 Å². The van der Waals surface area contributed by atoms with Crippen molar-refractivity contribution < 1.29 is 0 Å². The highest BCUT2D eigenvalue weighted by atomic mass is 15.2. The Labute approximate surface area is 106 Å². The van der Waals surface area contributed by atoms with Crippen LogP contribution in [0.5, 0.6) is 0 Å². The monoisotopic (exact) mass is 239 g/mol. The summed E-state index contributed by atoms with van der Waals surface area (Å²) in [6, 6.07) is 0.426. The second-order valence-electron chi connectivity index (χ2n) is 6.11. The van der Waals surface area contributed by atoms with Crippen LogP contribution in [0.1, 0.15) is 33.1 Å². The fourth-order valence-electron chi connectivity index (χ4n) is 3.39. The van der Waals surface area contributed by atoms with E-state index in [1.807, 2.05) is 0 Å². The molecular formula is C14H29N3. The highest BCUT2D eigenvalue weighted by molar-refractivity contribution is 4.85. The van der Waals surface area contributed by atoms with Gasteiger partial charge in [0.2, 0.25) is 0 Å². The van der Waals surface area contributed by atoms with Crippen LogP contribution in [0.25, 0.3) is 0 Å². The predicted molar refractivity (Wildman–Crippen MR) is 73.0 cm³/mol. The van der Waals surface area contributed by atoms with E-state index in [0.29, 0.717) is 12.0 Å². The first-order valence-corrected chi connectivity index (χ1v) is 7.39. The van der Waals surface area contributed by atoms with Gasteiger partial charge in [0.25, 0.3) is 0 Å². The molecule has 100 valence electrons. The topological polar surface area (TPSA) is 32.5 Å². The van der Waals surface area contributed by atoms with Crippen molar-refractivity contribution in [3.63, 3.8) is 0 Å². The molecule has 0 spiro atoms. The van der Waals surface area contributed by atoms with Crippen molar-refractivity contribution in [3.8, 4) is 0 Å². The first kappa shape index (κ1) is 13.3. The zero-order valence-corrected chi connectivity index (χ0v) is 11.6. The summed E-state index contributed by atoms with van der Waals surface area (Å²) in [6.07, 6.45) is 3.97. The van der Waals surface area contributed by atoms with E-state index in [-0.39, 0.29) is 0 Å². The van der Waals surface area contributed by atoms with Gasteiger partial charge in [0.1, 0.15) is 0 Å². The Morgan fingerprint density at radius 1 is 1.12 bits per heavy atom. The molecule has 3 atom stereocenters. The number of likely N-dealkylation sites (tertiary alicyclic amines) is 2. The van der Waals surface area contributed by atoms with E-state index < -0.39 is 0 Å². The third kappa shape index (κ3) is 3.67. The maximum atomic E-state index is 6.29. The molecule has 3 unspecified atom stereocenters. The Hall–Kier alpha value is -0.120. The molecule has 0 aromatic heterocycles. The molecule has 0 aromatic rings. The molecule has 2 aliphatic heterocycles. The minimum Gasteiger partial charge on any atom is -0.327 e. The summed E-state index contributed by atoms with van der Waals surface area (Å²) in [5.74, 6) is 1.57. The van der Waals surface area contributed by atoms with Crippen molar-refractivity contribution >= 4 is 0 Å². The summed E-state index contributed by atoms with van der Waals surface area (Å²) in [4.78, 5) is 5.21. The van der Waals surface area contributed by atoms with Gasteiger partial charge in [-0.1, -0.05) is 13.8 Å². The van der Waals surface area contributed by atoms with Crippen molar-refractivity contribution in [2.75, 3.05) is 39.3 Å². The molecule has 0 aliphatic carbocycles. The molecule has 2 fully saturated rings. The van der Waals surface area contributed by atoms with Crippen molar-refractivity contribution in [1.29, 1.82) is 0 Å². The Kier molecular flexibility index (Phi) is 4.83. The Bertz CT molecular complexity index is 232. The largest absolute Gasteiger partial charge is 0.327 e. The van der Waals surface area contributed by atoms with Gasteiger partial charge in [-0.2, -0.15) is 0 Å². The van der Waals surface area contributed by atoms with Gasteiger partial charge in [-0.3, -0.25) is 0 Å². The summed E-state index contributed by atoms with van der Waals surface area (Å²) in [5, 5.41) is 0. The molecule has 0 bridgehead atoms. The fourth-order valence-corrected chi connectivity index (χ4v) is 3.39. The first-order chi connectivity index (χ1) is 8.19. The predicted octanol–water partition coefficient (Wildman–Crippen LogP) is 1.39. The number of nitrogens with zero attached hydrogens (tertiary/aromatic N) is 2. The minimum atomic E-state index is 0.426. The molecule has 2 aliphatic rings. The van der Waals surface area contributed by atoms with Crippen LogP contribution in [-0.2, 0) is 0 Å². The molecule has 3 heteroatoms. The zero-order valence-electron chi connectivity index (χ0n) is 11.6. The quantitative estimate of drug-likeness (QED) is 0.808. The van der Waals surface area contributed by atoms with Crippen molar-refractivity contribution in [2.24, 2.45) is 17.6 Å². The molecule has 0 amide bonds. The molecule has 17 heavy (non-hydrogen) atoms. The van der Waals surface area contributed by atoms with Crippen LogP contribution < -0.4 is 5.73 Å². The van der Waals surface area contributed by atoms with Gasteiger partial charge in [0.15, 0.2) is 0 Å². The van der Waals surface area contributed by atoms with Crippen LogP contribution in [0.15, 0.2) is 0 Å². The van der Waals surface area contributed by atoms with Crippen molar-refractivity contribution in [1.82, 2.24) is 9.80 Å². The van der Waals surface area contributed by atoms with Crippen molar-refractivity contribution in [3.05, 3.63) is 0 Å². The average molecular weight is 239 g/mol. The van der Waals surface area contributed by atoms with Crippen LogP contribution in [-0.4, -0.2) is 55.1 Å². The normalized spacial score (nSPS) is 37.2. The van der Waals surface area contributed by atoms with E-state index in [4.69, 9.17) is 5.73 Å². The van der Waals surface area contributed by atoms with Crippen LogP contribution in [0, 0.1) is 11.8 Å². The molecular weight excluding hydrogens is 210 g/mol. The van der Waals surface area contributed by atoms with Gasteiger partial charge in [-0.25, -0.2) is 0 Å². The van der Waals surface area contributed by atoms with Gasteiger partial charge >= 0.3 is 0 Å². The van der Waals surface area contributed by atoms with Gasteiger partial charge in [-0.15, -0.1) is 0 Å². The zero-order chi connectivity index (χ0) is 12.3. The molecule has 2 rings (SSSR count). The van der Waals surface area contributed by atoms with Crippen molar-refractivity contribution in [2.45, 2.75) is 39.2 Å². The molecule has 2 saturated heterocycles. The smallest absolute Gasteiger partial charge is 0.0104 e. The summed E-state index contributed by atoms with van der Waals surface area (Å²) in [6.45, 7) is 12.0. The van der Waals surface area contributed by atoms with E-state index in [9.17, 15) is 0 Å². The Morgan fingerprint density at radius 3 is 2.65 bits per heavy atom. The lowest BCUT2D eigenvalue weighted by Crippen LogP contribution is -2.52. The van der Waals surface area contributed by atoms with Crippen LogP contribution in [0.2, 0.25) is 0 Å². The van der Waals surface area contributed by atoms with Gasteiger partial charge in [-0.05, 0) is 50.7 Å². The van der Waals surface area contributed by atoms with Crippen LogP contribution >= 0.6 is 0 Å². The van der Waals surface area contributed by atoms with Gasteiger partial charge in [0, 0.05) is 25.7 Å². The average Bonchev–Trinajstić information content (AvgIpc) is 2.32. The van der Waals surface area contributed by atoms with E-state index in [0.717, 1.165) is 5.92 Å². The lowest BCUT2D eigenvalue weighted by atomic mass is 9.91. The first-order valence-electron chi connectivity index (χ1n) is 7.39. The maximum Gasteiger partial charge on any atom is 0.0104 e. The Balaban J connectivity index is 1.83. The Morgan fingerprint density at radius 2 is 1.94 bits per heavy atom. The van der Waals surface area contributed by atoms with Crippen LogP contribution in [0.4, 0.5) is 0 Å². The minimum absolute atomic E-state index is 0.426. The van der Waals surface area contributed by atoms with Crippen LogP contribution in [0.3, 0.4) is 0 Å². The summed E-state index contributed by atoms with van der Waals surface area (Å²) in [5.41, 5.74) is 6.29. The van der Waals surface area contributed by atoms with E-state index >= 15 is 0 Å². The third-order valence-electron chi connectivity index (χ3n) is 4.56. The highest BCUT2D eigenvalue weighted by Gasteiger charge is 2.28. The van der Waals surface area contributed by atoms with Gasteiger partial charge < -0.3 is 15.5 Å². The van der Waals surface area contributed by atoms with E-state index in [2.05, 4.69) is 23.6 Å². The van der Waals surface area contributed by atoms with Gasteiger partial charge in [0.05, 0.1) is 0 Å². The second-order valence-corrected chi connectivity index (χ2v) is 6.11. The second kappa shape index (κ2) is 6.17. The molecule has 2 heterocycles. The lowest BCUT2D eigenvalue weighted by molar-refractivity contribution is 0.0981. The number of hydrogen-bond donors (Lipinski definition) is 1. The number of rotatable bonds is 3. The summed E-state index contributed by atoms with van der Waals surface area (Å²) in [7, 11) is 0. The summed E-state index contributed by atoms with van der Waals surface area (Å²) >= 11 is 0. The highest BCUT2D eigenvalue weighted by Crippen LogP contribution is 2.21. The molecule has 0 radical (unpaired) electrons. The standard InChI is InChI=1S/C14H29N3/c1-3-16-8-6-14(15)13(10-16)11-17-7-4-5-12(2)9-17/h12-14H,3-11,15H2,1-2H3. The fraction of sp³-hybridized carbons (Fsp3) is 1.00. The number of piperidine rings is 2. The maximum absolute atomic E-state index is 6.29. The molecule has 0 saturated carbocycles. The summed E-state index contributed by atoms with van der Waals surface area (Å²) < 4.78 is 0. The molecule has 2 N–H and O–H groups in total. The lowest BCUT2D eigenvalue weighted by Gasteiger charge is -2.40. The number of hydrogen-bond acceptors (Lipinski definition) is 3. The molecule has 3 nitrogen and oxygen atoms in total.